The average Bonchev–Trinajstić information content (AvgIpc) is 3.40. The number of fused-ring (bicyclic) bond motifs is 1. The number of pyridine rings is 1. The number of hydrogen-bond acceptors (Lipinski definition) is 8. The zero-order valence-electron chi connectivity index (χ0n) is 20.6. The van der Waals surface area contributed by atoms with Crippen molar-refractivity contribution in [3.63, 3.8) is 0 Å². The van der Waals surface area contributed by atoms with Gasteiger partial charge in [0.15, 0.2) is 10.7 Å². The molecule has 12 heteroatoms. The Labute approximate surface area is 217 Å². The van der Waals surface area contributed by atoms with Gasteiger partial charge in [0.1, 0.15) is 30.0 Å². The maximum Gasteiger partial charge on any atom is 0.243 e. The Hall–Kier alpha value is -3.74. The van der Waals surface area contributed by atoms with E-state index in [1.165, 1.54) is 19.6 Å². The first-order chi connectivity index (χ1) is 18.2. The summed E-state index contributed by atoms with van der Waals surface area (Å²) in [5, 5.41) is 5.81. The Bertz CT molecular complexity index is 1640. The summed E-state index contributed by atoms with van der Waals surface area (Å²) >= 11 is 0. The lowest BCUT2D eigenvalue weighted by atomic mass is 9.99. The van der Waals surface area contributed by atoms with E-state index in [0.29, 0.717) is 35.6 Å². The zero-order valence-corrected chi connectivity index (χ0v) is 21.4. The number of ether oxygens (including phenoxy) is 3. The maximum absolute atomic E-state index is 15.3. The summed E-state index contributed by atoms with van der Waals surface area (Å²) in [7, 11) is -3.34. The third kappa shape index (κ3) is 4.89. The van der Waals surface area contributed by atoms with Crippen LogP contribution in [0.25, 0.3) is 33.2 Å². The third-order valence-electron chi connectivity index (χ3n) is 6.35. The topological polar surface area (TPSA) is 127 Å². The number of nitrogens with two attached hydrogens (primary N) is 1. The molecular formula is C26H24F2N4O5S. The van der Waals surface area contributed by atoms with Crippen molar-refractivity contribution in [2.24, 2.45) is 5.14 Å². The fourth-order valence-electron chi connectivity index (χ4n) is 4.46. The molecule has 0 radical (unpaired) electrons. The van der Waals surface area contributed by atoms with Gasteiger partial charge in [-0.25, -0.2) is 37.3 Å². The lowest BCUT2D eigenvalue weighted by Gasteiger charge is -2.16. The molecule has 0 bridgehead atoms. The highest BCUT2D eigenvalue weighted by Crippen LogP contribution is 2.38. The molecule has 1 aliphatic rings. The zero-order chi connectivity index (χ0) is 27.0. The van der Waals surface area contributed by atoms with Gasteiger partial charge >= 0.3 is 0 Å². The fraction of sp³-hybridized carbons (Fsp3) is 0.269. The first-order valence-corrected chi connectivity index (χ1v) is 13.3. The normalized spacial score (nSPS) is 15.7. The average molecular weight is 543 g/mol. The van der Waals surface area contributed by atoms with Crippen molar-refractivity contribution in [2.45, 2.75) is 30.8 Å². The van der Waals surface area contributed by atoms with Gasteiger partial charge in [0.2, 0.25) is 15.9 Å². The molecule has 2 aromatic heterocycles. The Morgan fingerprint density at radius 2 is 1.92 bits per heavy atom. The minimum atomic E-state index is -4.68. The van der Waals surface area contributed by atoms with Crippen molar-refractivity contribution in [1.82, 2.24) is 15.0 Å². The summed E-state index contributed by atoms with van der Waals surface area (Å²) in [5.74, 6) is -2.11. The van der Waals surface area contributed by atoms with Crippen LogP contribution in [0, 0.1) is 18.6 Å². The first kappa shape index (κ1) is 25.9. The minimum Gasteiger partial charge on any atom is -0.489 e. The summed E-state index contributed by atoms with van der Waals surface area (Å²) in [6.07, 6.45) is 4.85. The van der Waals surface area contributed by atoms with Gasteiger partial charge in [-0.1, -0.05) is 0 Å². The highest BCUT2D eigenvalue weighted by molar-refractivity contribution is 7.89. The number of sulfonamides is 1. The van der Waals surface area contributed by atoms with E-state index in [2.05, 4.69) is 15.0 Å². The molecule has 0 aliphatic carbocycles. The van der Waals surface area contributed by atoms with Gasteiger partial charge in [-0.3, -0.25) is 0 Å². The highest BCUT2D eigenvalue weighted by atomic mass is 32.2. The number of methoxy groups -OCH3 is 1. The number of rotatable bonds is 7. The minimum absolute atomic E-state index is 0.00906. The van der Waals surface area contributed by atoms with E-state index in [0.717, 1.165) is 36.1 Å². The standard InChI is InChI=1S/C26H24F2N4O5S/c1-14-19-8-15(10-22(24(19)32-13-31-14)37-12-17-4-3-7-36-17)16-9-20(26(35-2)30-11-16)18-5-6-21(27)25(23(18)28)38(29,33)34/h5-6,8-11,13,17H,3-4,7,12H2,1-2H3,(H2,29,33,34). The smallest absolute Gasteiger partial charge is 0.243 e. The molecule has 1 saturated heterocycles. The van der Waals surface area contributed by atoms with Crippen molar-refractivity contribution < 1.29 is 31.4 Å². The number of aryl methyl sites for hydroxylation is 1. The van der Waals surface area contributed by atoms with Gasteiger partial charge in [-0.2, -0.15) is 0 Å². The molecular weight excluding hydrogens is 518 g/mol. The van der Waals surface area contributed by atoms with E-state index >= 15 is 4.39 Å². The fourth-order valence-corrected chi connectivity index (χ4v) is 5.16. The number of aromatic nitrogens is 3. The van der Waals surface area contributed by atoms with Crippen LogP contribution in [0.3, 0.4) is 0 Å². The van der Waals surface area contributed by atoms with Gasteiger partial charge in [0, 0.05) is 40.6 Å². The van der Waals surface area contributed by atoms with Gasteiger partial charge in [0.05, 0.1) is 13.2 Å². The molecule has 38 heavy (non-hydrogen) atoms. The van der Waals surface area contributed by atoms with E-state index in [4.69, 9.17) is 19.3 Å². The summed E-state index contributed by atoms with van der Waals surface area (Å²) in [6, 6.07) is 7.15. The van der Waals surface area contributed by atoms with Crippen LogP contribution in [0.1, 0.15) is 18.5 Å². The molecule has 1 unspecified atom stereocenters. The summed E-state index contributed by atoms with van der Waals surface area (Å²) in [6.45, 7) is 2.90. The molecule has 2 aromatic carbocycles. The van der Waals surface area contributed by atoms with Crippen molar-refractivity contribution in [1.29, 1.82) is 0 Å². The van der Waals surface area contributed by atoms with Crippen molar-refractivity contribution in [2.75, 3.05) is 20.3 Å². The molecule has 1 aliphatic heterocycles. The van der Waals surface area contributed by atoms with Crippen LogP contribution in [0.5, 0.6) is 11.6 Å². The molecule has 1 fully saturated rings. The van der Waals surface area contributed by atoms with Crippen LogP contribution in [0.4, 0.5) is 8.78 Å². The van der Waals surface area contributed by atoms with Crippen LogP contribution in [0.2, 0.25) is 0 Å². The summed E-state index contributed by atoms with van der Waals surface area (Å²) < 4.78 is 70.3. The molecule has 2 N–H and O–H groups in total. The van der Waals surface area contributed by atoms with Crippen LogP contribution in [-0.2, 0) is 14.8 Å². The Kier molecular flexibility index (Phi) is 6.95. The third-order valence-corrected chi connectivity index (χ3v) is 7.30. The summed E-state index contributed by atoms with van der Waals surface area (Å²) in [4.78, 5) is 11.7. The van der Waals surface area contributed by atoms with Gasteiger partial charge in [-0.15, -0.1) is 0 Å². The number of primary sulfonamides is 1. The van der Waals surface area contributed by atoms with Crippen LogP contribution >= 0.6 is 0 Å². The molecule has 9 nitrogen and oxygen atoms in total. The SMILES string of the molecule is COc1ncc(-c2cc(OCC3CCCO3)c3ncnc(C)c3c2)cc1-c1ccc(F)c(S(N)(=O)=O)c1F. The Morgan fingerprint density at radius 1 is 1.11 bits per heavy atom. The molecule has 0 spiro atoms. The molecule has 4 aromatic rings. The first-order valence-electron chi connectivity index (χ1n) is 11.7. The predicted octanol–water partition coefficient (Wildman–Crippen LogP) is 4.16. The van der Waals surface area contributed by atoms with E-state index < -0.39 is 26.6 Å². The monoisotopic (exact) mass is 542 g/mol. The molecule has 3 heterocycles. The Balaban J connectivity index is 1.65. The molecule has 198 valence electrons. The molecule has 1 atom stereocenters. The number of benzene rings is 2. The molecule has 5 rings (SSSR count). The second kappa shape index (κ2) is 10.2. The Morgan fingerprint density at radius 3 is 2.63 bits per heavy atom. The maximum atomic E-state index is 15.3. The lowest BCUT2D eigenvalue weighted by molar-refractivity contribution is 0.0684. The number of halogens is 2. The lowest BCUT2D eigenvalue weighted by Crippen LogP contribution is -2.16. The van der Waals surface area contributed by atoms with Crippen LogP contribution < -0.4 is 14.6 Å². The van der Waals surface area contributed by atoms with E-state index in [-0.39, 0.29) is 23.1 Å². The van der Waals surface area contributed by atoms with Crippen LogP contribution in [0.15, 0.2) is 47.8 Å². The van der Waals surface area contributed by atoms with E-state index in [1.807, 2.05) is 13.0 Å². The largest absolute Gasteiger partial charge is 0.489 e. The molecule has 0 saturated carbocycles. The van der Waals surface area contributed by atoms with Crippen molar-refractivity contribution in [3.05, 3.63) is 60.2 Å². The van der Waals surface area contributed by atoms with E-state index in [1.54, 1.807) is 12.1 Å². The van der Waals surface area contributed by atoms with E-state index in [9.17, 15) is 12.8 Å². The van der Waals surface area contributed by atoms with Crippen LogP contribution in [-0.4, -0.2) is 49.8 Å². The highest BCUT2D eigenvalue weighted by Gasteiger charge is 2.26. The second-order valence-electron chi connectivity index (χ2n) is 8.84. The van der Waals surface area contributed by atoms with Crippen molar-refractivity contribution in [3.8, 4) is 33.9 Å². The van der Waals surface area contributed by atoms with Gasteiger partial charge in [-0.05, 0) is 55.7 Å². The van der Waals surface area contributed by atoms with Crippen molar-refractivity contribution >= 4 is 20.9 Å². The second-order valence-corrected chi connectivity index (χ2v) is 10.3. The summed E-state index contributed by atoms with van der Waals surface area (Å²) in [5.41, 5.74) is 2.41. The molecule has 0 amide bonds. The van der Waals surface area contributed by atoms with Gasteiger partial charge in [0.25, 0.3) is 0 Å². The number of nitrogens with zero attached hydrogens (tertiary/aromatic N) is 3. The quantitative estimate of drug-likeness (QED) is 0.369. The number of hydrogen-bond donors (Lipinski definition) is 1. The van der Waals surface area contributed by atoms with Gasteiger partial charge < -0.3 is 14.2 Å². The predicted molar refractivity (Wildman–Crippen MR) is 135 cm³/mol.